The number of aromatic amines is 1. The molecule has 2 aliphatic heterocycles. The number of hydrogen-bond acceptors (Lipinski definition) is 12. The van der Waals surface area contributed by atoms with Crippen LogP contribution in [0.2, 0.25) is 5.02 Å². The fraction of sp³-hybridized carbons (Fsp3) is 0.447. The van der Waals surface area contributed by atoms with Crippen LogP contribution >= 0.6 is 11.6 Å². The van der Waals surface area contributed by atoms with E-state index in [1.807, 2.05) is 18.2 Å². The summed E-state index contributed by atoms with van der Waals surface area (Å²) in [4.78, 5) is 37.4. The van der Waals surface area contributed by atoms with Gasteiger partial charge in [-0.15, -0.1) is 0 Å². The van der Waals surface area contributed by atoms with E-state index in [-0.39, 0.29) is 39.6 Å². The van der Waals surface area contributed by atoms with E-state index in [0.717, 1.165) is 99.5 Å². The zero-order valence-electron chi connectivity index (χ0n) is 36.5. The monoisotopic (exact) mass is 956 g/mol. The molecule has 0 bridgehead atoms. The van der Waals surface area contributed by atoms with Crippen molar-refractivity contribution < 1.29 is 31.3 Å². The first-order valence-corrected chi connectivity index (χ1v) is 26.2. The summed E-state index contributed by atoms with van der Waals surface area (Å²) in [5.74, 6) is -0.283. The van der Waals surface area contributed by atoms with Gasteiger partial charge in [-0.05, 0) is 123 Å². The van der Waals surface area contributed by atoms with E-state index in [4.69, 9.17) is 16.3 Å². The lowest BCUT2D eigenvalue weighted by molar-refractivity contribution is -0.384. The second-order valence-corrected chi connectivity index (χ2v) is 22.9. The molecule has 2 saturated carbocycles. The summed E-state index contributed by atoms with van der Waals surface area (Å²) in [6.45, 7) is 4.53. The Kier molecular flexibility index (Phi) is 12.0. The lowest BCUT2D eigenvalue weighted by Crippen LogP contribution is -2.50. The summed E-state index contributed by atoms with van der Waals surface area (Å²) in [5, 5.41) is 16.8. The number of nitro groups is 1. The van der Waals surface area contributed by atoms with Gasteiger partial charge in [0.1, 0.15) is 22.8 Å². The zero-order valence-corrected chi connectivity index (χ0v) is 38.8. The van der Waals surface area contributed by atoms with Crippen molar-refractivity contribution in [2.45, 2.75) is 80.4 Å². The van der Waals surface area contributed by atoms with Gasteiger partial charge in [0.2, 0.25) is 10.0 Å². The van der Waals surface area contributed by atoms with Gasteiger partial charge >= 0.3 is 0 Å². The maximum atomic E-state index is 14.0. The smallest absolute Gasteiger partial charge is 0.293 e. The largest absolute Gasteiger partial charge is 0.455 e. The van der Waals surface area contributed by atoms with Crippen LogP contribution < -0.4 is 19.7 Å². The summed E-state index contributed by atoms with van der Waals surface area (Å²) in [7, 11) is -7.79. The number of sulfonamides is 2. The van der Waals surface area contributed by atoms with Crippen LogP contribution in [0.3, 0.4) is 0 Å². The number of piperazine rings is 1. The molecule has 1 spiro atoms. The van der Waals surface area contributed by atoms with Crippen LogP contribution in [0.5, 0.6) is 11.5 Å². The molecule has 2 aromatic heterocycles. The lowest BCUT2D eigenvalue weighted by Gasteiger charge is -2.52. The van der Waals surface area contributed by atoms with E-state index in [0.29, 0.717) is 44.1 Å². The number of aromatic nitrogens is 2. The number of ether oxygens (including phenoxy) is 1. The number of pyridine rings is 1. The predicted octanol–water partition coefficient (Wildman–Crippen LogP) is 8.02. The van der Waals surface area contributed by atoms with Crippen LogP contribution in [0.1, 0.15) is 85.3 Å². The molecule has 0 unspecified atom stereocenters. The number of nitro benzene ring substituents is 1. The number of nitrogens with one attached hydrogen (secondary N) is 3. The van der Waals surface area contributed by atoms with Crippen LogP contribution in [0.4, 0.5) is 17.1 Å². The van der Waals surface area contributed by atoms with E-state index in [1.165, 1.54) is 35.5 Å². The number of piperidine rings is 1. The third kappa shape index (κ3) is 8.97. The van der Waals surface area contributed by atoms with Crippen molar-refractivity contribution >= 4 is 65.7 Å². The highest BCUT2D eigenvalue weighted by molar-refractivity contribution is 7.90. The van der Waals surface area contributed by atoms with Crippen molar-refractivity contribution in [3.63, 3.8) is 0 Å². The van der Waals surface area contributed by atoms with Crippen LogP contribution in [0.15, 0.2) is 84.0 Å². The van der Waals surface area contributed by atoms with E-state index in [1.54, 1.807) is 28.7 Å². The Morgan fingerprint density at radius 1 is 0.939 bits per heavy atom. The minimum atomic E-state index is -4.60. The molecule has 5 aliphatic rings. The SMILES string of the molecule is O=C(NS(=O)(=O)c1ccc(NCC2CC3(CCN(S(=O)(=O)C4CC4)CC3)C2)c([N+](=O)[O-])c1)c1ccc(N2CCN([C@@H]3CCCCc4c(Cl)cccc43)CC2)cc1Oc1cnc2[nH]ccc2c1. The Bertz CT molecular complexity index is 2900. The van der Waals surface area contributed by atoms with Crippen molar-refractivity contribution in [3.8, 4) is 11.5 Å². The number of halogens is 1. The molecule has 348 valence electrons. The summed E-state index contributed by atoms with van der Waals surface area (Å²) >= 11 is 6.66. The van der Waals surface area contributed by atoms with E-state index >= 15 is 0 Å². The van der Waals surface area contributed by atoms with Gasteiger partial charge in [-0.1, -0.05) is 30.2 Å². The fourth-order valence-electron chi connectivity index (χ4n) is 10.7. The molecule has 1 amide bonds. The van der Waals surface area contributed by atoms with Gasteiger partial charge in [0, 0.05) is 86.3 Å². The molecule has 66 heavy (non-hydrogen) atoms. The van der Waals surface area contributed by atoms with Crippen molar-refractivity contribution in [3.05, 3.63) is 111 Å². The Labute approximate surface area is 389 Å². The second kappa shape index (κ2) is 17.8. The highest BCUT2D eigenvalue weighted by Gasteiger charge is 2.49. The van der Waals surface area contributed by atoms with Gasteiger partial charge < -0.3 is 19.9 Å². The predicted molar refractivity (Wildman–Crippen MR) is 252 cm³/mol. The van der Waals surface area contributed by atoms with E-state index in [2.05, 4.69) is 35.9 Å². The number of carbonyl (C=O) groups excluding carboxylic acids is 1. The molecule has 4 heterocycles. The molecule has 3 aliphatic carbocycles. The topological polar surface area (TPSA) is 200 Å². The average molecular weight is 958 g/mol. The molecule has 16 nitrogen and oxygen atoms in total. The van der Waals surface area contributed by atoms with E-state index in [9.17, 15) is 31.7 Å². The van der Waals surface area contributed by atoms with Crippen molar-refractivity contribution in [1.82, 2.24) is 23.9 Å². The van der Waals surface area contributed by atoms with Gasteiger partial charge in [-0.3, -0.25) is 19.8 Å². The number of rotatable bonds is 13. The quantitative estimate of drug-likeness (QED) is 0.0584. The summed E-state index contributed by atoms with van der Waals surface area (Å²) < 4.78 is 63.1. The third-order valence-electron chi connectivity index (χ3n) is 14.4. The number of nitrogens with zero attached hydrogens (tertiary/aromatic N) is 5. The average Bonchev–Trinajstić information content (AvgIpc) is 4.10. The molecule has 2 saturated heterocycles. The maximum Gasteiger partial charge on any atom is 0.293 e. The molecule has 0 radical (unpaired) electrons. The number of benzene rings is 3. The molecule has 3 aromatic carbocycles. The highest BCUT2D eigenvalue weighted by Crippen LogP contribution is 2.53. The van der Waals surface area contributed by atoms with Crippen molar-refractivity contribution in [2.75, 3.05) is 56.0 Å². The van der Waals surface area contributed by atoms with Gasteiger partial charge in [0.25, 0.3) is 21.6 Å². The molecule has 10 rings (SSSR count). The van der Waals surface area contributed by atoms with Gasteiger partial charge in [-0.25, -0.2) is 30.8 Å². The summed E-state index contributed by atoms with van der Waals surface area (Å²) in [6.07, 6.45) is 12.4. The minimum absolute atomic E-state index is 0.0525. The zero-order chi connectivity index (χ0) is 45.8. The Morgan fingerprint density at radius 3 is 2.48 bits per heavy atom. The number of fused-ring (bicyclic) bond motifs is 2. The maximum absolute atomic E-state index is 14.0. The van der Waals surface area contributed by atoms with Crippen molar-refractivity contribution in [1.29, 1.82) is 0 Å². The molecule has 4 fully saturated rings. The molecule has 3 N–H and O–H groups in total. The first-order valence-electron chi connectivity index (χ1n) is 22.9. The molecule has 1 atom stereocenters. The molecule has 19 heteroatoms. The van der Waals surface area contributed by atoms with Gasteiger partial charge in [0.15, 0.2) is 0 Å². The Morgan fingerprint density at radius 2 is 1.73 bits per heavy atom. The number of hydrogen-bond donors (Lipinski definition) is 3. The summed E-state index contributed by atoms with van der Waals surface area (Å²) in [5.41, 5.74) is 3.75. The van der Waals surface area contributed by atoms with Crippen LogP contribution in [0, 0.1) is 21.4 Å². The highest BCUT2D eigenvalue weighted by atomic mass is 35.5. The number of anilines is 2. The number of H-pyrrole nitrogens is 1. The molecular formula is C47H53ClN8O8S2. The van der Waals surface area contributed by atoms with Gasteiger partial charge in [-0.2, -0.15) is 0 Å². The fourth-order valence-corrected chi connectivity index (χ4v) is 13.8. The Balaban J connectivity index is 0.821. The standard InChI is InChI=1S/C47H53ClN8O8S2/c48-40-6-3-5-38-37(40)4-1-2-7-42(38)54-22-20-53(21-23-54)33-8-12-39(44(25-33)64-34-24-32-14-17-49-45(32)51-30-34)46(57)52-65(60,61)36-11-13-41(43(26-36)56(58)59)50-29-31-27-47(28-31)15-18-55(19-16-47)66(62,63)35-9-10-35/h3,5-6,8,11-14,17,24-26,30-31,35,42,50H,1-2,4,7,9-10,15-16,18-23,27-29H2,(H,49,51)(H,52,57)/t42-/m1/s1. The molecular weight excluding hydrogens is 904 g/mol. The van der Waals surface area contributed by atoms with Gasteiger partial charge in [0.05, 0.1) is 26.8 Å². The first-order chi connectivity index (χ1) is 31.7. The van der Waals surface area contributed by atoms with Crippen LogP contribution in [-0.2, 0) is 26.5 Å². The third-order valence-corrected chi connectivity index (χ3v) is 18.5. The summed E-state index contributed by atoms with van der Waals surface area (Å²) in [6, 6.07) is 18.7. The van der Waals surface area contributed by atoms with E-state index < -0.39 is 41.5 Å². The normalized spacial score (nSPS) is 20.6. The lowest BCUT2D eigenvalue weighted by atomic mass is 9.58. The first kappa shape index (κ1) is 44.6. The number of carbonyl (C=O) groups is 1. The Hall–Kier alpha value is -5.27. The molecule has 5 aromatic rings. The van der Waals surface area contributed by atoms with Crippen molar-refractivity contribution in [2.24, 2.45) is 11.3 Å². The second-order valence-electron chi connectivity index (χ2n) is 18.6. The minimum Gasteiger partial charge on any atom is -0.455 e. The van der Waals surface area contributed by atoms with Crippen LogP contribution in [-0.4, -0.2) is 97.9 Å². The van der Waals surface area contributed by atoms with Crippen LogP contribution in [0.25, 0.3) is 11.0 Å². The number of amides is 1.